The standard InChI is InChI=1S/C52H40N2O/c1-51(2)42-22-10-8-20-37(42)40-29-45-41(30-44(40)51)38-25-24-35(28-43(38)52(45,3)4)33-17-12-16-32(26-33)34-18-13-19-36(27-34)49-53-48(31-14-6-5-7-15-31)47-39-21-9-11-23-46(39)55-50(47)54-49/h5-14,16-31H,15H2,1-4H3. The molecule has 0 saturated heterocycles. The van der Waals surface area contributed by atoms with Gasteiger partial charge in [-0.1, -0.05) is 143 Å². The van der Waals surface area contributed by atoms with Crippen molar-refractivity contribution in [3.63, 3.8) is 0 Å². The molecule has 0 spiro atoms. The Labute approximate surface area is 321 Å². The van der Waals surface area contributed by atoms with Crippen LogP contribution < -0.4 is 0 Å². The Bertz CT molecular complexity index is 2970. The summed E-state index contributed by atoms with van der Waals surface area (Å²) in [5.74, 6) is 0.838. The first-order chi connectivity index (χ1) is 26.8. The largest absolute Gasteiger partial charge is 0.438 e. The Balaban J connectivity index is 0.965. The molecule has 0 fully saturated rings. The summed E-state index contributed by atoms with van der Waals surface area (Å²) in [6, 6.07) is 46.7. The van der Waals surface area contributed by atoms with Gasteiger partial charge >= 0.3 is 0 Å². The minimum Gasteiger partial charge on any atom is -0.438 e. The third-order valence-electron chi connectivity index (χ3n) is 12.6. The number of aromatic nitrogens is 2. The minimum atomic E-state index is -0.118. The Morgan fingerprint density at radius 2 is 1.15 bits per heavy atom. The highest BCUT2D eigenvalue weighted by atomic mass is 16.3. The summed E-state index contributed by atoms with van der Waals surface area (Å²) in [4.78, 5) is 10.3. The maximum absolute atomic E-state index is 6.34. The lowest BCUT2D eigenvalue weighted by Gasteiger charge is -2.24. The van der Waals surface area contributed by atoms with Gasteiger partial charge in [-0.05, 0) is 110 Å². The fourth-order valence-electron chi connectivity index (χ4n) is 9.66. The van der Waals surface area contributed by atoms with E-state index in [9.17, 15) is 0 Å². The van der Waals surface area contributed by atoms with Crippen LogP contribution >= 0.6 is 0 Å². The van der Waals surface area contributed by atoms with Crippen molar-refractivity contribution in [2.45, 2.75) is 50.9 Å². The quantitative estimate of drug-likeness (QED) is 0.183. The maximum Gasteiger partial charge on any atom is 0.231 e. The lowest BCUT2D eigenvalue weighted by atomic mass is 9.79. The minimum absolute atomic E-state index is 0.0234. The van der Waals surface area contributed by atoms with E-state index >= 15 is 0 Å². The Morgan fingerprint density at radius 1 is 0.527 bits per heavy atom. The predicted molar refractivity (Wildman–Crippen MR) is 226 cm³/mol. The number of benzene rings is 6. The average molecular weight is 709 g/mol. The number of para-hydroxylation sites is 1. The van der Waals surface area contributed by atoms with Gasteiger partial charge in [-0.3, -0.25) is 0 Å². The van der Waals surface area contributed by atoms with Crippen molar-refractivity contribution in [1.82, 2.24) is 9.97 Å². The zero-order chi connectivity index (χ0) is 37.1. The van der Waals surface area contributed by atoms with E-state index in [0.717, 1.165) is 45.2 Å². The molecule has 2 aromatic heterocycles. The zero-order valence-corrected chi connectivity index (χ0v) is 31.5. The molecule has 55 heavy (non-hydrogen) atoms. The summed E-state index contributed by atoms with van der Waals surface area (Å²) < 4.78 is 6.34. The van der Waals surface area contributed by atoms with Gasteiger partial charge in [0.15, 0.2) is 5.82 Å². The van der Waals surface area contributed by atoms with Gasteiger partial charge in [0.2, 0.25) is 5.71 Å². The van der Waals surface area contributed by atoms with Crippen molar-refractivity contribution in [2.75, 3.05) is 0 Å². The lowest BCUT2D eigenvalue weighted by Crippen LogP contribution is -2.17. The van der Waals surface area contributed by atoms with Crippen molar-refractivity contribution in [2.24, 2.45) is 0 Å². The van der Waals surface area contributed by atoms with Gasteiger partial charge in [-0.25, -0.2) is 4.98 Å². The van der Waals surface area contributed by atoms with Gasteiger partial charge in [-0.2, -0.15) is 4.98 Å². The van der Waals surface area contributed by atoms with E-state index in [1.54, 1.807) is 0 Å². The smallest absolute Gasteiger partial charge is 0.231 e. The molecular formula is C52H40N2O. The van der Waals surface area contributed by atoms with E-state index in [2.05, 4.69) is 167 Å². The van der Waals surface area contributed by atoms with Crippen LogP contribution in [0.25, 0.3) is 78.0 Å². The number of allylic oxidation sites excluding steroid dienone is 4. The van der Waals surface area contributed by atoms with Crippen LogP contribution in [-0.4, -0.2) is 9.97 Å². The van der Waals surface area contributed by atoms with E-state index in [1.165, 1.54) is 55.6 Å². The van der Waals surface area contributed by atoms with Crippen LogP contribution in [0.3, 0.4) is 0 Å². The summed E-state index contributed by atoms with van der Waals surface area (Å²) in [6.07, 6.45) is 9.56. The van der Waals surface area contributed by atoms with Gasteiger partial charge in [0.1, 0.15) is 5.58 Å². The molecule has 0 aliphatic heterocycles. The molecule has 3 nitrogen and oxygen atoms in total. The fourth-order valence-corrected chi connectivity index (χ4v) is 9.66. The molecule has 0 saturated carbocycles. The Morgan fingerprint density at radius 3 is 1.89 bits per heavy atom. The van der Waals surface area contributed by atoms with Crippen LogP contribution in [0.5, 0.6) is 0 Å². The van der Waals surface area contributed by atoms with Gasteiger partial charge in [0.05, 0.1) is 11.1 Å². The lowest BCUT2D eigenvalue weighted by molar-refractivity contribution is 0.651. The molecule has 0 amide bonds. The first kappa shape index (κ1) is 32.1. The average Bonchev–Trinajstić information content (AvgIpc) is 3.79. The van der Waals surface area contributed by atoms with Gasteiger partial charge in [0, 0.05) is 27.7 Å². The SMILES string of the molecule is CC1(C)c2ccccc2-c2cc3c(cc21)-c1ccc(-c2cccc(-c4cccc(-c5nc(C6C=CC=CC6)c6c(n5)oc5ccccc56)c4)c2)cc1C3(C)C. The van der Waals surface area contributed by atoms with Crippen LogP contribution in [0, 0.1) is 0 Å². The highest BCUT2D eigenvalue weighted by Crippen LogP contribution is 2.56. The number of rotatable bonds is 4. The van der Waals surface area contributed by atoms with Crippen molar-refractivity contribution in [3.05, 3.63) is 180 Å². The van der Waals surface area contributed by atoms with E-state index < -0.39 is 0 Å². The van der Waals surface area contributed by atoms with Crippen molar-refractivity contribution in [3.8, 4) is 55.9 Å². The molecule has 11 rings (SSSR count). The van der Waals surface area contributed by atoms with Crippen LogP contribution in [0.2, 0.25) is 0 Å². The molecule has 3 aliphatic rings. The first-order valence-electron chi connectivity index (χ1n) is 19.4. The summed E-state index contributed by atoms with van der Waals surface area (Å²) in [7, 11) is 0. The van der Waals surface area contributed by atoms with Crippen molar-refractivity contribution in [1.29, 1.82) is 0 Å². The van der Waals surface area contributed by atoms with Crippen LogP contribution in [0.4, 0.5) is 0 Å². The molecule has 8 aromatic rings. The summed E-state index contributed by atoms with van der Waals surface area (Å²) >= 11 is 0. The number of nitrogens with zero attached hydrogens (tertiary/aromatic N) is 2. The molecule has 1 unspecified atom stereocenters. The van der Waals surface area contributed by atoms with Crippen molar-refractivity contribution < 1.29 is 4.42 Å². The molecule has 2 heterocycles. The zero-order valence-electron chi connectivity index (χ0n) is 31.5. The van der Waals surface area contributed by atoms with Crippen molar-refractivity contribution >= 4 is 22.1 Å². The van der Waals surface area contributed by atoms with E-state index in [4.69, 9.17) is 14.4 Å². The molecule has 0 radical (unpaired) electrons. The van der Waals surface area contributed by atoms with Gasteiger partial charge in [0.25, 0.3) is 0 Å². The molecular weight excluding hydrogens is 669 g/mol. The van der Waals surface area contributed by atoms with E-state index in [1.807, 2.05) is 12.1 Å². The monoisotopic (exact) mass is 708 g/mol. The number of furan rings is 1. The molecule has 6 aromatic carbocycles. The molecule has 1 atom stereocenters. The molecule has 3 aliphatic carbocycles. The molecule has 0 bridgehead atoms. The number of hydrogen-bond donors (Lipinski definition) is 0. The van der Waals surface area contributed by atoms with E-state index in [-0.39, 0.29) is 16.7 Å². The third kappa shape index (κ3) is 4.75. The molecule has 0 N–H and O–H groups in total. The summed E-state index contributed by atoms with van der Waals surface area (Å²) in [5.41, 5.74) is 19.2. The summed E-state index contributed by atoms with van der Waals surface area (Å²) in [6.45, 7) is 9.51. The second-order valence-electron chi connectivity index (χ2n) is 16.5. The van der Waals surface area contributed by atoms with Crippen LogP contribution in [0.15, 0.2) is 156 Å². The van der Waals surface area contributed by atoms with Gasteiger partial charge in [-0.15, -0.1) is 0 Å². The second kappa shape index (κ2) is 11.6. The fraction of sp³-hybridized carbons (Fsp3) is 0.154. The molecule has 3 heteroatoms. The second-order valence-corrected chi connectivity index (χ2v) is 16.5. The number of fused-ring (bicyclic) bond motifs is 9. The highest BCUT2D eigenvalue weighted by Gasteiger charge is 2.41. The third-order valence-corrected chi connectivity index (χ3v) is 12.6. The summed E-state index contributed by atoms with van der Waals surface area (Å²) in [5, 5.41) is 2.07. The number of hydrogen-bond acceptors (Lipinski definition) is 3. The molecule has 264 valence electrons. The normalized spacial score (nSPS) is 17.0. The van der Waals surface area contributed by atoms with Crippen LogP contribution in [0.1, 0.15) is 68.0 Å². The highest BCUT2D eigenvalue weighted by molar-refractivity contribution is 6.05. The Kier molecular flexibility index (Phi) is 6.77. The first-order valence-corrected chi connectivity index (χ1v) is 19.4. The maximum atomic E-state index is 6.34. The van der Waals surface area contributed by atoms with E-state index in [0.29, 0.717) is 11.5 Å². The van der Waals surface area contributed by atoms with Crippen LogP contribution in [-0.2, 0) is 10.8 Å². The topological polar surface area (TPSA) is 38.9 Å². The van der Waals surface area contributed by atoms with Gasteiger partial charge < -0.3 is 4.42 Å². The predicted octanol–water partition coefficient (Wildman–Crippen LogP) is 13.6. The Hall–Kier alpha value is -6.32.